The zero-order valence-electron chi connectivity index (χ0n) is 13.2. The average molecular weight is 313 g/mol. The van der Waals surface area contributed by atoms with Gasteiger partial charge < -0.3 is 14.8 Å². The molecule has 0 bridgehead atoms. The number of ether oxygens (including phenoxy) is 2. The molecule has 0 radical (unpaired) electrons. The Morgan fingerprint density at radius 3 is 2.43 bits per heavy atom. The predicted molar refractivity (Wildman–Crippen MR) is 86.8 cm³/mol. The number of benzene rings is 2. The maximum Gasteiger partial charge on any atom is 0.258 e. The molecule has 23 heavy (non-hydrogen) atoms. The van der Waals surface area contributed by atoms with Crippen LogP contribution in [0.15, 0.2) is 48.5 Å². The van der Waals surface area contributed by atoms with Gasteiger partial charge >= 0.3 is 0 Å². The smallest absolute Gasteiger partial charge is 0.258 e. The van der Waals surface area contributed by atoms with E-state index in [-0.39, 0.29) is 18.3 Å². The van der Waals surface area contributed by atoms with Crippen LogP contribution in [0.4, 0.5) is 0 Å². The number of rotatable bonds is 7. The van der Waals surface area contributed by atoms with Crippen molar-refractivity contribution in [1.29, 1.82) is 0 Å². The zero-order valence-corrected chi connectivity index (χ0v) is 13.2. The van der Waals surface area contributed by atoms with Crippen LogP contribution in [-0.2, 0) is 11.3 Å². The molecule has 5 nitrogen and oxygen atoms in total. The first kappa shape index (κ1) is 16.5. The van der Waals surface area contributed by atoms with Crippen LogP contribution >= 0.6 is 0 Å². The predicted octanol–water partition coefficient (Wildman–Crippen LogP) is 2.59. The number of ketones is 1. The Labute approximate surface area is 135 Å². The van der Waals surface area contributed by atoms with Gasteiger partial charge in [-0.25, -0.2) is 0 Å². The van der Waals surface area contributed by atoms with Crippen LogP contribution in [-0.4, -0.2) is 25.4 Å². The van der Waals surface area contributed by atoms with Crippen molar-refractivity contribution in [3.63, 3.8) is 0 Å². The Balaban J connectivity index is 1.79. The lowest BCUT2D eigenvalue weighted by Crippen LogP contribution is -2.28. The molecule has 0 aliphatic heterocycles. The number of nitrogens with one attached hydrogen (secondary N) is 1. The molecule has 0 saturated heterocycles. The number of amides is 1. The fourth-order valence-electron chi connectivity index (χ4n) is 1.97. The van der Waals surface area contributed by atoms with E-state index in [1.54, 1.807) is 31.4 Å². The van der Waals surface area contributed by atoms with Gasteiger partial charge in [0.15, 0.2) is 12.4 Å². The fraction of sp³-hybridized carbons (Fsp3) is 0.222. The molecule has 0 aromatic heterocycles. The summed E-state index contributed by atoms with van der Waals surface area (Å²) in [5.41, 5.74) is 1.56. The summed E-state index contributed by atoms with van der Waals surface area (Å²) in [7, 11) is 1.60. The minimum atomic E-state index is -0.219. The van der Waals surface area contributed by atoms with E-state index >= 15 is 0 Å². The summed E-state index contributed by atoms with van der Waals surface area (Å²) >= 11 is 0. The van der Waals surface area contributed by atoms with E-state index in [4.69, 9.17) is 9.47 Å². The van der Waals surface area contributed by atoms with Gasteiger partial charge in [0, 0.05) is 12.1 Å². The molecular weight excluding hydrogens is 294 g/mol. The second kappa shape index (κ2) is 7.98. The fourth-order valence-corrected chi connectivity index (χ4v) is 1.97. The van der Waals surface area contributed by atoms with Crippen LogP contribution < -0.4 is 14.8 Å². The molecule has 2 aromatic rings. The standard InChI is InChI=1S/C18H19NO4/c1-13(20)15-6-8-16(9-7-15)23-12-18(21)19-11-14-4-3-5-17(10-14)22-2/h3-10H,11-12H2,1-2H3,(H,19,21). The minimum Gasteiger partial charge on any atom is -0.497 e. The Kier molecular flexibility index (Phi) is 5.74. The third kappa shape index (κ3) is 5.14. The van der Waals surface area contributed by atoms with Crippen molar-refractivity contribution in [1.82, 2.24) is 5.32 Å². The minimum absolute atomic E-state index is 0.00687. The molecule has 0 aliphatic rings. The number of hydrogen-bond donors (Lipinski definition) is 1. The van der Waals surface area contributed by atoms with Crippen molar-refractivity contribution in [2.75, 3.05) is 13.7 Å². The van der Waals surface area contributed by atoms with Gasteiger partial charge in [0.1, 0.15) is 11.5 Å². The van der Waals surface area contributed by atoms with E-state index in [9.17, 15) is 9.59 Å². The lowest BCUT2D eigenvalue weighted by molar-refractivity contribution is -0.123. The SMILES string of the molecule is COc1cccc(CNC(=O)COc2ccc(C(C)=O)cc2)c1. The van der Waals surface area contributed by atoms with Gasteiger partial charge in [0.25, 0.3) is 5.91 Å². The molecule has 120 valence electrons. The first-order chi connectivity index (χ1) is 11.1. The first-order valence-corrected chi connectivity index (χ1v) is 7.22. The molecular formula is C18H19NO4. The molecule has 1 N–H and O–H groups in total. The lowest BCUT2D eigenvalue weighted by atomic mass is 10.1. The van der Waals surface area contributed by atoms with Crippen LogP contribution in [0.3, 0.4) is 0 Å². The molecule has 0 heterocycles. The second-order valence-electron chi connectivity index (χ2n) is 5.00. The molecule has 0 saturated carbocycles. The first-order valence-electron chi connectivity index (χ1n) is 7.22. The Hall–Kier alpha value is -2.82. The lowest BCUT2D eigenvalue weighted by Gasteiger charge is -2.08. The average Bonchev–Trinajstić information content (AvgIpc) is 2.58. The molecule has 5 heteroatoms. The topological polar surface area (TPSA) is 64.6 Å². The zero-order chi connectivity index (χ0) is 16.7. The second-order valence-corrected chi connectivity index (χ2v) is 5.00. The summed E-state index contributed by atoms with van der Waals surface area (Å²) in [6, 6.07) is 14.2. The highest BCUT2D eigenvalue weighted by Crippen LogP contribution is 2.13. The molecule has 2 rings (SSSR count). The van der Waals surface area contributed by atoms with E-state index in [2.05, 4.69) is 5.32 Å². The summed E-state index contributed by atoms with van der Waals surface area (Å²) in [4.78, 5) is 23.0. The molecule has 0 unspecified atom stereocenters. The van der Waals surface area contributed by atoms with Crippen molar-refractivity contribution in [3.05, 3.63) is 59.7 Å². The number of carbonyl (C=O) groups is 2. The molecule has 0 aliphatic carbocycles. The van der Waals surface area contributed by atoms with Gasteiger partial charge in [0.05, 0.1) is 7.11 Å². The van der Waals surface area contributed by atoms with Crippen LogP contribution in [0, 0.1) is 0 Å². The Morgan fingerprint density at radius 1 is 1.04 bits per heavy atom. The van der Waals surface area contributed by atoms with Gasteiger partial charge in [-0.05, 0) is 48.9 Å². The molecule has 1 amide bonds. The maximum absolute atomic E-state index is 11.8. The number of methoxy groups -OCH3 is 1. The monoisotopic (exact) mass is 313 g/mol. The van der Waals surface area contributed by atoms with E-state index in [1.807, 2.05) is 24.3 Å². The van der Waals surface area contributed by atoms with Crippen molar-refractivity contribution >= 4 is 11.7 Å². The summed E-state index contributed by atoms with van der Waals surface area (Å²) in [5, 5.41) is 2.78. The summed E-state index contributed by atoms with van der Waals surface area (Å²) in [5.74, 6) is 1.07. The number of Topliss-reactive ketones (excluding diaryl/α,β-unsaturated/α-hetero) is 1. The van der Waals surface area contributed by atoms with Crippen molar-refractivity contribution in [2.45, 2.75) is 13.5 Å². The third-order valence-electron chi connectivity index (χ3n) is 3.25. The van der Waals surface area contributed by atoms with E-state index in [0.717, 1.165) is 11.3 Å². The van der Waals surface area contributed by atoms with Crippen molar-refractivity contribution in [3.8, 4) is 11.5 Å². The third-order valence-corrected chi connectivity index (χ3v) is 3.25. The van der Waals surface area contributed by atoms with Gasteiger partial charge in [-0.2, -0.15) is 0 Å². The number of hydrogen-bond acceptors (Lipinski definition) is 4. The van der Waals surface area contributed by atoms with Crippen LogP contribution in [0.2, 0.25) is 0 Å². The molecule has 0 spiro atoms. The Morgan fingerprint density at radius 2 is 1.78 bits per heavy atom. The normalized spacial score (nSPS) is 10.0. The van der Waals surface area contributed by atoms with Crippen molar-refractivity contribution in [2.24, 2.45) is 0 Å². The highest BCUT2D eigenvalue weighted by molar-refractivity contribution is 5.94. The van der Waals surface area contributed by atoms with E-state index in [1.165, 1.54) is 6.92 Å². The molecule has 0 fully saturated rings. The Bertz CT molecular complexity index is 680. The molecule has 0 atom stereocenters. The van der Waals surface area contributed by atoms with Crippen molar-refractivity contribution < 1.29 is 19.1 Å². The van der Waals surface area contributed by atoms with E-state index < -0.39 is 0 Å². The van der Waals surface area contributed by atoms with Gasteiger partial charge in [-0.3, -0.25) is 9.59 Å². The molecule has 2 aromatic carbocycles. The maximum atomic E-state index is 11.8. The quantitative estimate of drug-likeness (QED) is 0.798. The van der Waals surface area contributed by atoms with E-state index in [0.29, 0.717) is 17.9 Å². The van der Waals surface area contributed by atoms with Gasteiger partial charge in [-0.15, -0.1) is 0 Å². The summed E-state index contributed by atoms with van der Waals surface area (Å²) in [6.45, 7) is 1.83. The van der Waals surface area contributed by atoms with Crippen LogP contribution in [0.25, 0.3) is 0 Å². The highest BCUT2D eigenvalue weighted by atomic mass is 16.5. The largest absolute Gasteiger partial charge is 0.497 e. The summed E-state index contributed by atoms with van der Waals surface area (Å²) in [6.07, 6.45) is 0. The summed E-state index contributed by atoms with van der Waals surface area (Å²) < 4.78 is 10.5. The van der Waals surface area contributed by atoms with Crippen LogP contribution in [0.1, 0.15) is 22.8 Å². The van der Waals surface area contributed by atoms with Crippen LogP contribution in [0.5, 0.6) is 11.5 Å². The van der Waals surface area contributed by atoms with Gasteiger partial charge in [-0.1, -0.05) is 12.1 Å². The number of carbonyl (C=O) groups excluding carboxylic acids is 2. The highest BCUT2D eigenvalue weighted by Gasteiger charge is 2.04. The van der Waals surface area contributed by atoms with Gasteiger partial charge in [0.2, 0.25) is 0 Å².